The second-order valence-electron chi connectivity index (χ2n) is 7.42. The topological polar surface area (TPSA) is 92.3 Å². The summed E-state index contributed by atoms with van der Waals surface area (Å²) in [5, 5.41) is 4.07. The predicted molar refractivity (Wildman–Crippen MR) is 139 cm³/mol. The lowest BCUT2D eigenvalue weighted by Gasteiger charge is -2.31. The van der Waals surface area contributed by atoms with Gasteiger partial charge in [-0.2, -0.15) is 0 Å². The van der Waals surface area contributed by atoms with E-state index in [0.29, 0.717) is 11.6 Å². The summed E-state index contributed by atoms with van der Waals surface area (Å²) in [7, 11) is -7.91. The van der Waals surface area contributed by atoms with Gasteiger partial charge in [-0.25, -0.2) is 4.57 Å². The van der Waals surface area contributed by atoms with Gasteiger partial charge in [0.1, 0.15) is 0 Å². The van der Waals surface area contributed by atoms with Crippen LogP contribution < -0.4 is 5.32 Å². The maximum absolute atomic E-state index is 13.8. The highest BCUT2D eigenvalue weighted by molar-refractivity contribution is 7.56. The second kappa shape index (κ2) is 15.3. The van der Waals surface area contributed by atoms with E-state index >= 15 is 0 Å². The van der Waals surface area contributed by atoms with Gasteiger partial charge in [0, 0.05) is 24.0 Å². The first kappa shape index (κ1) is 30.2. The van der Waals surface area contributed by atoms with E-state index in [1.165, 1.54) is 0 Å². The Morgan fingerprint density at radius 1 is 0.800 bits per heavy atom. The molecule has 2 unspecified atom stereocenters. The summed E-state index contributed by atoms with van der Waals surface area (Å²) in [6.07, 6.45) is 0.107. The van der Waals surface area contributed by atoms with E-state index < -0.39 is 21.3 Å². The second-order valence-corrected chi connectivity index (χ2v) is 11.7. The van der Waals surface area contributed by atoms with E-state index in [9.17, 15) is 9.13 Å². The van der Waals surface area contributed by atoms with E-state index in [-0.39, 0.29) is 38.9 Å². The molecule has 0 radical (unpaired) electrons. The summed E-state index contributed by atoms with van der Waals surface area (Å²) in [6, 6.07) is 16.8. The van der Waals surface area contributed by atoms with Crippen molar-refractivity contribution in [3.05, 3.63) is 70.7 Å². The Morgan fingerprint density at radius 3 is 1.86 bits per heavy atom. The molecule has 2 atom stereocenters. The fraction of sp³-hybridized carbons (Fsp3) is 0.500. The zero-order chi connectivity index (χ0) is 25.7. The van der Waals surface area contributed by atoms with Crippen LogP contribution in [0.2, 0.25) is 5.02 Å². The Morgan fingerprint density at radius 2 is 1.34 bits per heavy atom. The van der Waals surface area contributed by atoms with Crippen molar-refractivity contribution in [1.82, 2.24) is 5.32 Å². The number of hydrogen-bond acceptors (Lipinski definition) is 8. The van der Waals surface area contributed by atoms with Crippen LogP contribution in [0.1, 0.15) is 51.3 Å². The maximum atomic E-state index is 13.8. The first-order chi connectivity index (χ1) is 16.8. The van der Waals surface area contributed by atoms with E-state index in [4.69, 9.17) is 34.2 Å². The Bertz CT molecular complexity index is 942. The smallest absolute Gasteiger partial charge is 0.307 e. The average Bonchev–Trinajstić information content (AvgIpc) is 2.83. The van der Waals surface area contributed by atoms with Gasteiger partial charge in [0.15, 0.2) is 5.85 Å². The average molecular weight is 548 g/mol. The minimum atomic E-state index is -4.03. The van der Waals surface area contributed by atoms with E-state index in [0.717, 1.165) is 11.1 Å². The normalized spacial score (nSPS) is 14.1. The van der Waals surface area contributed by atoms with Gasteiger partial charge < -0.3 is 14.4 Å². The van der Waals surface area contributed by atoms with Crippen LogP contribution in [0.5, 0.6) is 0 Å². The van der Waals surface area contributed by atoms with Crippen molar-refractivity contribution >= 4 is 27.0 Å². The Kier molecular flexibility index (Phi) is 13.2. The van der Waals surface area contributed by atoms with Crippen molar-refractivity contribution in [1.29, 1.82) is 0 Å². The Balaban J connectivity index is 2.44. The number of phosphoric acid groups is 1. The molecule has 35 heavy (non-hydrogen) atoms. The third kappa shape index (κ3) is 9.73. The molecule has 2 rings (SSSR count). The predicted octanol–water partition coefficient (Wildman–Crippen LogP) is 7.35. The third-order valence-corrected chi connectivity index (χ3v) is 9.24. The van der Waals surface area contributed by atoms with E-state index in [1.54, 1.807) is 39.8 Å². The van der Waals surface area contributed by atoms with Crippen LogP contribution >= 0.6 is 27.0 Å². The van der Waals surface area contributed by atoms with Crippen LogP contribution in [0.4, 0.5) is 0 Å². The number of phosphoric ester groups is 1. The molecule has 0 aliphatic rings. The molecule has 0 aromatic heterocycles. The lowest BCUT2D eigenvalue weighted by atomic mass is 10.0. The van der Waals surface area contributed by atoms with Crippen molar-refractivity contribution in [2.24, 2.45) is 0 Å². The summed E-state index contributed by atoms with van der Waals surface area (Å²) in [5.74, 6) is -1.23. The van der Waals surface area contributed by atoms with Gasteiger partial charge >= 0.3 is 15.4 Å². The van der Waals surface area contributed by atoms with Crippen LogP contribution in [0, 0.1) is 0 Å². The van der Waals surface area contributed by atoms with E-state index in [1.807, 2.05) is 42.5 Å². The molecule has 2 aromatic carbocycles. The molecule has 0 saturated heterocycles. The highest BCUT2D eigenvalue weighted by atomic mass is 35.5. The van der Waals surface area contributed by atoms with Gasteiger partial charge in [-0.15, -0.1) is 0 Å². The largest absolute Gasteiger partial charge is 0.475 e. The summed E-state index contributed by atoms with van der Waals surface area (Å²) in [4.78, 5) is 0. The molecule has 196 valence electrons. The van der Waals surface area contributed by atoms with Crippen LogP contribution in [0.15, 0.2) is 54.6 Å². The van der Waals surface area contributed by atoms with Gasteiger partial charge in [0.25, 0.3) is 0 Å². The monoisotopic (exact) mass is 547 g/mol. The lowest BCUT2D eigenvalue weighted by Crippen LogP contribution is -2.28. The SMILES string of the molecule is CCOP(=O)(OCC)OC(CC(NCc1ccccc1)c1ccc(Cl)cc1)P(=O)(OCC)OCC. The number of benzene rings is 2. The van der Waals surface area contributed by atoms with Crippen LogP contribution in [-0.4, -0.2) is 32.3 Å². The molecule has 8 nitrogen and oxygen atoms in total. The molecule has 2 aromatic rings. The summed E-state index contributed by atoms with van der Waals surface area (Å²) in [5.41, 5.74) is 1.94. The highest BCUT2D eigenvalue weighted by Gasteiger charge is 2.44. The van der Waals surface area contributed by atoms with Gasteiger partial charge in [-0.3, -0.25) is 18.1 Å². The summed E-state index contributed by atoms with van der Waals surface area (Å²) < 4.78 is 54.8. The molecule has 0 aliphatic carbocycles. The zero-order valence-electron chi connectivity index (χ0n) is 20.7. The van der Waals surface area contributed by atoms with Gasteiger partial charge in [0.2, 0.25) is 0 Å². The minimum Gasteiger partial charge on any atom is -0.307 e. The number of hydrogen-bond donors (Lipinski definition) is 1. The number of rotatable bonds is 17. The number of nitrogens with one attached hydrogen (secondary N) is 1. The van der Waals surface area contributed by atoms with Crippen LogP contribution in [0.3, 0.4) is 0 Å². The van der Waals surface area contributed by atoms with Gasteiger partial charge in [-0.05, 0) is 51.0 Å². The number of halogens is 1. The standard InChI is InChI=1S/C24H36ClNO7P2/c1-5-29-34(27,30-6-2)24(33-35(28,31-7-3)32-8-4)18-23(21-14-16-22(25)17-15-21)26-19-20-12-10-9-11-13-20/h9-17,23-24,26H,5-8,18-19H2,1-4H3. The van der Waals surface area contributed by atoms with Crippen molar-refractivity contribution in [3.63, 3.8) is 0 Å². The maximum Gasteiger partial charge on any atom is 0.475 e. The van der Waals surface area contributed by atoms with Gasteiger partial charge in [-0.1, -0.05) is 54.1 Å². The van der Waals surface area contributed by atoms with Crippen molar-refractivity contribution in [3.8, 4) is 0 Å². The molecular weight excluding hydrogens is 512 g/mol. The summed E-state index contributed by atoms with van der Waals surface area (Å²) in [6.45, 7) is 7.70. The fourth-order valence-electron chi connectivity index (χ4n) is 3.43. The lowest BCUT2D eigenvalue weighted by molar-refractivity contribution is 0.0821. The third-order valence-electron chi connectivity index (χ3n) is 4.90. The van der Waals surface area contributed by atoms with Gasteiger partial charge in [0.05, 0.1) is 26.4 Å². The molecule has 0 fully saturated rings. The molecule has 0 amide bonds. The Hall–Kier alpha value is -1.05. The van der Waals surface area contributed by atoms with Crippen LogP contribution in [-0.2, 0) is 38.3 Å². The molecule has 0 spiro atoms. The van der Waals surface area contributed by atoms with E-state index in [2.05, 4.69) is 5.32 Å². The molecule has 1 N–H and O–H groups in total. The first-order valence-electron chi connectivity index (χ1n) is 11.8. The van der Waals surface area contributed by atoms with Crippen molar-refractivity contribution in [2.75, 3.05) is 26.4 Å². The Labute approximate surface area is 213 Å². The van der Waals surface area contributed by atoms with Crippen molar-refractivity contribution < 1.29 is 31.7 Å². The highest BCUT2D eigenvalue weighted by Crippen LogP contribution is 2.62. The molecule has 0 bridgehead atoms. The minimum absolute atomic E-state index is 0.0877. The fourth-order valence-corrected chi connectivity index (χ4v) is 7.17. The van der Waals surface area contributed by atoms with Crippen molar-refractivity contribution in [2.45, 2.75) is 52.5 Å². The summed E-state index contributed by atoms with van der Waals surface area (Å²) >= 11 is 6.11. The molecule has 0 heterocycles. The van der Waals surface area contributed by atoms with Crippen LogP contribution in [0.25, 0.3) is 0 Å². The molecular formula is C24H36ClNO7P2. The zero-order valence-corrected chi connectivity index (χ0v) is 23.3. The quantitative estimate of drug-likeness (QED) is 0.205. The molecule has 0 saturated carbocycles. The molecule has 11 heteroatoms. The molecule has 0 aliphatic heterocycles. The first-order valence-corrected chi connectivity index (χ1v) is 15.2.